The zero-order chi connectivity index (χ0) is 26.7. The number of carbonyl (C=O) groups is 1. The van der Waals surface area contributed by atoms with Crippen LogP contribution in [-0.2, 0) is 27.6 Å². The van der Waals surface area contributed by atoms with Crippen molar-refractivity contribution < 1.29 is 27.4 Å². The third kappa shape index (κ3) is 6.67. The monoisotopic (exact) mass is 535 g/mol. The van der Waals surface area contributed by atoms with Gasteiger partial charge in [-0.05, 0) is 84.8 Å². The lowest BCUT2D eigenvalue weighted by molar-refractivity contribution is -0.135. The molecule has 1 aliphatic heterocycles. The first-order valence-corrected chi connectivity index (χ1v) is 15.1. The summed E-state index contributed by atoms with van der Waals surface area (Å²) in [5.74, 6) is 2.18. The van der Waals surface area contributed by atoms with Gasteiger partial charge in [-0.25, -0.2) is 8.42 Å². The standard InChI is InChI=1S/C30H33NO6S/c1-20-15-26(35-12-4-14-38(2,33)34)17-23-11-13-36-28-10-7-21(16-27(28)29(20)23)19-31-24-5-3-6-25(18-24)37-30(32)22-8-9-22/h3,5-7,10,15-18,22,31H,4,8-9,11-14,19H2,1-2H3. The number of hydrogen-bond acceptors (Lipinski definition) is 7. The highest BCUT2D eigenvalue weighted by atomic mass is 32.2. The largest absolute Gasteiger partial charge is 0.494 e. The number of hydrogen-bond donors (Lipinski definition) is 1. The number of esters is 1. The van der Waals surface area contributed by atoms with Gasteiger partial charge in [-0.3, -0.25) is 4.79 Å². The van der Waals surface area contributed by atoms with Crippen LogP contribution in [-0.4, -0.2) is 39.6 Å². The maximum Gasteiger partial charge on any atom is 0.314 e. The summed E-state index contributed by atoms with van der Waals surface area (Å²) < 4.78 is 40.2. The van der Waals surface area contributed by atoms with Crippen molar-refractivity contribution in [3.63, 3.8) is 0 Å². The molecule has 1 heterocycles. The smallest absolute Gasteiger partial charge is 0.314 e. The fraction of sp³-hybridized carbons (Fsp3) is 0.367. The highest BCUT2D eigenvalue weighted by molar-refractivity contribution is 7.90. The summed E-state index contributed by atoms with van der Waals surface area (Å²) in [6, 6.07) is 17.8. The van der Waals surface area contributed by atoms with E-state index in [1.54, 1.807) is 6.07 Å². The third-order valence-corrected chi connectivity index (χ3v) is 7.75. The van der Waals surface area contributed by atoms with Crippen molar-refractivity contribution in [2.24, 2.45) is 5.92 Å². The average Bonchev–Trinajstić information content (AvgIpc) is 3.72. The molecule has 7 nitrogen and oxygen atoms in total. The van der Waals surface area contributed by atoms with Crippen LogP contribution in [0.5, 0.6) is 17.2 Å². The second-order valence-corrected chi connectivity index (χ2v) is 12.4. The van der Waals surface area contributed by atoms with Crippen molar-refractivity contribution >= 4 is 21.5 Å². The summed E-state index contributed by atoms with van der Waals surface area (Å²) in [6.07, 6.45) is 4.29. The summed E-state index contributed by atoms with van der Waals surface area (Å²) in [5.41, 5.74) is 6.41. The maximum atomic E-state index is 12.0. The Balaban J connectivity index is 1.30. The Labute approximate surface area is 224 Å². The molecule has 1 N–H and O–H groups in total. The minimum absolute atomic E-state index is 0.0577. The Hall–Kier alpha value is -3.52. The van der Waals surface area contributed by atoms with E-state index in [-0.39, 0.29) is 17.6 Å². The molecule has 0 aromatic heterocycles. The fourth-order valence-corrected chi connectivity index (χ4v) is 5.32. The summed E-state index contributed by atoms with van der Waals surface area (Å²) in [7, 11) is -3.00. The van der Waals surface area contributed by atoms with Crippen molar-refractivity contribution in [3.8, 4) is 28.4 Å². The van der Waals surface area contributed by atoms with E-state index < -0.39 is 9.84 Å². The van der Waals surface area contributed by atoms with E-state index in [0.29, 0.717) is 31.9 Å². The van der Waals surface area contributed by atoms with Crippen molar-refractivity contribution in [2.45, 2.75) is 39.2 Å². The maximum absolute atomic E-state index is 12.0. The minimum atomic E-state index is -3.00. The van der Waals surface area contributed by atoms with Crippen LogP contribution >= 0.6 is 0 Å². The fourth-order valence-electron chi connectivity index (χ4n) is 4.67. The molecule has 2 aliphatic rings. The number of ether oxygens (including phenoxy) is 3. The molecule has 3 aromatic rings. The highest BCUT2D eigenvalue weighted by Crippen LogP contribution is 2.40. The number of rotatable bonds is 10. The lowest BCUT2D eigenvalue weighted by Gasteiger charge is -2.16. The number of aryl methyl sites for hydroxylation is 1. The van der Waals surface area contributed by atoms with Crippen LogP contribution in [0.3, 0.4) is 0 Å². The molecule has 8 heteroatoms. The Morgan fingerprint density at radius 2 is 1.92 bits per heavy atom. The summed E-state index contributed by atoms with van der Waals surface area (Å²) in [4.78, 5) is 12.0. The molecule has 38 heavy (non-hydrogen) atoms. The van der Waals surface area contributed by atoms with Gasteiger partial charge in [-0.15, -0.1) is 0 Å². The molecule has 5 rings (SSSR count). The van der Waals surface area contributed by atoms with E-state index in [1.807, 2.05) is 36.4 Å². The zero-order valence-corrected chi connectivity index (χ0v) is 22.6. The van der Waals surface area contributed by atoms with Gasteiger partial charge in [0.15, 0.2) is 0 Å². The van der Waals surface area contributed by atoms with Gasteiger partial charge in [0.1, 0.15) is 27.1 Å². The van der Waals surface area contributed by atoms with Gasteiger partial charge in [0.05, 0.1) is 24.9 Å². The molecule has 0 amide bonds. The Morgan fingerprint density at radius 1 is 1.08 bits per heavy atom. The number of benzene rings is 3. The van der Waals surface area contributed by atoms with Crippen molar-refractivity contribution in [2.75, 3.05) is 30.5 Å². The molecule has 0 bridgehead atoms. The van der Waals surface area contributed by atoms with Crippen LogP contribution < -0.4 is 19.5 Å². The van der Waals surface area contributed by atoms with E-state index in [2.05, 4.69) is 24.4 Å². The molecule has 0 radical (unpaired) electrons. The minimum Gasteiger partial charge on any atom is -0.494 e. The predicted octanol–water partition coefficient (Wildman–Crippen LogP) is 5.34. The van der Waals surface area contributed by atoms with Crippen LogP contribution in [0.2, 0.25) is 0 Å². The first-order valence-electron chi connectivity index (χ1n) is 13.0. The quantitative estimate of drug-likeness (QED) is 0.213. The predicted molar refractivity (Wildman–Crippen MR) is 148 cm³/mol. The Bertz CT molecular complexity index is 1450. The summed E-state index contributed by atoms with van der Waals surface area (Å²) in [6.45, 7) is 3.59. The van der Waals surface area contributed by atoms with E-state index in [1.165, 1.54) is 6.26 Å². The topological polar surface area (TPSA) is 90.9 Å². The Morgan fingerprint density at radius 3 is 2.71 bits per heavy atom. The van der Waals surface area contributed by atoms with Crippen LogP contribution in [0.15, 0.2) is 54.6 Å². The van der Waals surface area contributed by atoms with Gasteiger partial charge < -0.3 is 19.5 Å². The van der Waals surface area contributed by atoms with Gasteiger partial charge in [0.2, 0.25) is 0 Å². The van der Waals surface area contributed by atoms with Crippen molar-refractivity contribution in [1.82, 2.24) is 0 Å². The normalized spacial score (nSPS) is 14.5. The van der Waals surface area contributed by atoms with E-state index >= 15 is 0 Å². The van der Waals surface area contributed by atoms with Crippen molar-refractivity contribution in [1.29, 1.82) is 0 Å². The lowest BCUT2D eigenvalue weighted by Crippen LogP contribution is -2.10. The van der Waals surface area contributed by atoms with Gasteiger partial charge in [-0.2, -0.15) is 0 Å². The first-order chi connectivity index (χ1) is 18.2. The molecular weight excluding hydrogens is 502 g/mol. The number of carbonyl (C=O) groups excluding carboxylic acids is 1. The van der Waals surface area contributed by atoms with Crippen LogP contribution in [0.4, 0.5) is 5.69 Å². The Kier molecular flexibility index (Phi) is 7.61. The van der Waals surface area contributed by atoms with Gasteiger partial charge in [0, 0.05) is 36.5 Å². The molecule has 0 saturated heterocycles. The SMILES string of the molecule is Cc1cc(OCCCS(C)(=O)=O)cc2c1-c1cc(CNc3cccc(OC(=O)C4CC4)c3)ccc1OCC2. The molecule has 200 valence electrons. The molecule has 1 fully saturated rings. The van der Waals surface area contributed by atoms with E-state index in [9.17, 15) is 13.2 Å². The van der Waals surface area contributed by atoms with Crippen LogP contribution in [0.25, 0.3) is 11.1 Å². The number of anilines is 1. The number of fused-ring (bicyclic) bond motifs is 3. The second-order valence-electron chi connectivity index (χ2n) is 10.1. The molecule has 0 spiro atoms. The number of nitrogens with one attached hydrogen (secondary N) is 1. The molecular formula is C30H33NO6S. The second kappa shape index (κ2) is 11.1. The molecule has 3 aromatic carbocycles. The molecule has 1 saturated carbocycles. The third-order valence-electron chi connectivity index (χ3n) is 6.72. The summed E-state index contributed by atoms with van der Waals surface area (Å²) >= 11 is 0. The van der Waals surface area contributed by atoms with Gasteiger partial charge in [-0.1, -0.05) is 12.1 Å². The van der Waals surface area contributed by atoms with Gasteiger partial charge in [0.25, 0.3) is 0 Å². The van der Waals surface area contributed by atoms with Crippen LogP contribution in [0, 0.1) is 12.8 Å². The summed E-state index contributed by atoms with van der Waals surface area (Å²) in [5, 5.41) is 3.43. The van der Waals surface area contributed by atoms with Crippen molar-refractivity contribution in [3.05, 3.63) is 71.3 Å². The first kappa shape index (κ1) is 26.1. The highest BCUT2D eigenvalue weighted by Gasteiger charge is 2.31. The molecule has 1 aliphatic carbocycles. The van der Waals surface area contributed by atoms with Crippen LogP contribution in [0.1, 0.15) is 36.0 Å². The average molecular weight is 536 g/mol. The molecule has 0 unspecified atom stereocenters. The van der Waals surface area contributed by atoms with E-state index in [4.69, 9.17) is 14.2 Å². The molecule has 0 atom stereocenters. The zero-order valence-electron chi connectivity index (χ0n) is 21.8. The number of sulfone groups is 1. The van der Waals surface area contributed by atoms with E-state index in [0.717, 1.165) is 64.3 Å². The van der Waals surface area contributed by atoms with Gasteiger partial charge >= 0.3 is 5.97 Å². The lowest BCUT2D eigenvalue weighted by atomic mass is 9.92.